The molecule has 0 aliphatic heterocycles. The molecule has 0 bridgehead atoms. The Balaban J connectivity index is 1.89. The minimum atomic E-state index is -0.542. The summed E-state index contributed by atoms with van der Waals surface area (Å²) in [7, 11) is 0. The molecular formula is C17H17N5O2. The van der Waals surface area contributed by atoms with Crippen LogP contribution < -0.4 is 10.5 Å². The zero-order valence-corrected chi connectivity index (χ0v) is 13.4. The fourth-order valence-electron chi connectivity index (χ4n) is 2.55. The number of benzene rings is 2. The van der Waals surface area contributed by atoms with Crippen LogP contribution in [0.2, 0.25) is 0 Å². The largest absolute Gasteiger partial charge is 0.485 e. The first kappa shape index (κ1) is 15.7. The number of ether oxygens (including phenoxy) is 1. The van der Waals surface area contributed by atoms with Gasteiger partial charge in [-0.05, 0) is 47.5 Å². The Labute approximate surface area is 139 Å². The molecule has 0 spiro atoms. The van der Waals surface area contributed by atoms with Crippen molar-refractivity contribution < 1.29 is 9.53 Å². The van der Waals surface area contributed by atoms with Gasteiger partial charge in [0.15, 0.2) is 5.82 Å². The number of hydrogen-bond acceptors (Lipinski definition) is 5. The van der Waals surface area contributed by atoms with Crippen molar-refractivity contribution in [3.63, 3.8) is 0 Å². The van der Waals surface area contributed by atoms with Crippen LogP contribution in [0, 0.1) is 13.8 Å². The molecule has 1 amide bonds. The number of para-hydroxylation sites is 2. The van der Waals surface area contributed by atoms with Crippen LogP contribution in [0.25, 0.3) is 5.69 Å². The van der Waals surface area contributed by atoms with Crippen molar-refractivity contribution in [2.24, 2.45) is 5.73 Å². The third kappa shape index (κ3) is 2.96. The molecule has 1 aromatic heterocycles. The number of nitrogens with two attached hydrogens (primary N) is 1. The Kier molecular flexibility index (Phi) is 4.24. The maximum atomic E-state index is 11.5. The van der Waals surface area contributed by atoms with Gasteiger partial charge in [-0.25, -0.2) is 0 Å². The van der Waals surface area contributed by atoms with E-state index in [1.807, 2.05) is 32.0 Å². The fraction of sp³-hybridized carbons (Fsp3) is 0.176. The van der Waals surface area contributed by atoms with Crippen LogP contribution in [0.4, 0.5) is 0 Å². The number of carbonyl (C=O) groups excluding carboxylic acids is 1. The van der Waals surface area contributed by atoms with E-state index in [0.29, 0.717) is 17.1 Å². The van der Waals surface area contributed by atoms with Gasteiger partial charge < -0.3 is 10.5 Å². The highest BCUT2D eigenvalue weighted by molar-refractivity contribution is 5.95. The molecule has 7 heteroatoms. The van der Waals surface area contributed by atoms with Gasteiger partial charge in [-0.1, -0.05) is 30.3 Å². The zero-order valence-electron chi connectivity index (χ0n) is 13.4. The van der Waals surface area contributed by atoms with Crippen LogP contribution in [0.1, 0.15) is 27.3 Å². The Hall–Kier alpha value is -3.22. The molecule has 0 fully saturated rings. The van der Waals surface area contributed by atoms with E-state index in [4.69, 9.17) is 10.5 Å². The van der Waals surface area contributed by atoms with Gasteiger partial charge in [0.2, 0.25) is 0 Å². The first-order valence-electron chi connectivity index (χ1n) is 7.43. The number of aryl methyl sites for hydroxylation is 2. The van der Waals surface area contributed by atoms with Crippen LogP contribution in [-0.4, -0.2) is 26.1 Å². The second kappa shape index (κ2) is 6.49. The van der Waals surface area contributed by atoms with E-state index in [1.54, 1.807) is 28.9 Å². The first-order chi connectivity index (χ1) is 11.6. The molecule has 1 heterocycles. The van der Waals surface area contributed by atoms with Crippen molar-refractivity contribution in [2.75, 3.05) is 0 Å². The van der Waals surface area contributed by atoms with Crippen molar-refractivity contribution >= 4 is 5.91 Å². The predicted molar refractivity (Wildman–Crippen MR) is 87.9 cm³/mol. The van der Waals surface area contributed by atoms with Crippen LogP contribution in [0.15, 0.2) is 42.5 Å². The summed E-state index contributed by atoms with van der Waals surface area (Å²) in [6.45, 7) is 4.11. The molecule has 2 N–H and O–H groups in total. The van der Waals surface area contributed by atoms with E-state index in [9.17, 15) is 4.79 Å². The Morgan fingerprint density at radius 1 is 1.12 bits per heavy atom. The number of aromatic nitrogens is 4. The van der Waals surface area contributed by atoms with Crippen molar-refractivity contribution in [1.29, 1.82) is 0 Å². The minimum Gasteiger partial charge on any atom is -0.485 e. The molecule has 24 heavy (non-hydrogen) atoms. The summed E-state index contributed by atoms with van der Waals surface area (Å²) in [6.07, 6.45) is 0. The monoisotopic (exact) mass is 323 g/mol. The third-order valence-corrected chi connectivity index (χ3v) is 3.69. The summed E-state index contributed by atoms with van der Waals surface area (Å²) >= 11 is 0. The molecule has 7 nitrogen and oxygen atoms in total. The van der Waals surface area contributed by atoms with Crippen molar-refractivity contribution in [1.82, 2.24) is 20.2 Å². The van der Waals surface area contributed by atoms with E-state index >= 15 is 0 Å². The van der Waals surface area contributed by atoms with E-state index in [-0.39, 0.29) is 6.61 Å². The van der Waals surface area contributed by atoms with Gasteiger partial charge >= 0.3 is 0 Å². The lowest BCUT2D eigenvalue weighted by Gasteiger charge is -2.12. The third-order valence-electron chi connectivity index (χ3n) is 3.69. The molecule has 0 unspecified atom stereocenters. The molecule has 3 aromatic rings. The van der Waals surface area contributed by atoms with Gasteiger partial charge in [0.25, 0.3) is 5.91 Å². The highest BCUT2D eigenvalue weighted by Gasteiger charge is 2.15. The van der Waals surface area contributed by atoms with Crippen molar-refractivity contribution in [3.05, 3.63) is 65.0 Å². The Morgan fingerprint density at radius 3 is 2.54 bits per heavy atom. The second-order valence-corrected chi connectivity index (χ2v) is 5.40. The topological polar surface area (TPSA) is 95.9 Å². The van der Waals surface area contributed by atoms with Crippen molar-refractivity contribution in [3.8, 4) is 11.4 Å². The molecule has 3 rings (SSSR count). The zero-order chi connectivity index (χ0) is 17.1. The lowest BCUT2D eigenvalue weighted by atomic mass is 10.1. The number of primary amides is 1. The molecule has 0 radical (unpaired) electrons. The van der Waals surface area contributed by atoms with Crippen LogP contribution in [-0.2, 0) is 6.61 Å². The molecule has 0 aliphatic carbocycles. The van der Waals surface area contributed by atoms with Gasteiger partial charge in [-0.15, -0.1) is 5.10 Å². The molecule has 0 saturated heterocycles. The Morgan fingerprint density at radius 2 is 1.83 bits per heavy atom. The molecule has 0 atom stereocenters. The summed E-state index contributed by atoms with van der Waals surface area (Å²) in [5.74, 6) is 0.396. The molecular weight excluding hydrogens is 306 g/mol. The number of rotatable bonds is 5. The van der Waals surface area contributed by atoms with E-state index in [1.165, 1.54) is 0 Å². The number of nitrogens with zero attached hydrogens (tertiary/aromatic N) is 4. The fourth-order valence-corrected chi connectivity index (χ4v) is 2.55. The Bertz CT molecular complexity index is 868. The normalized spacial score (nSPS) is 10.6. The van der Waals surface area contributed by atoms with Gasteiger partial charge in [-0.3, -0.25) is 4.79 Å². The first-order valence-corrected chi connectivity index (χ1v) is 7.43. The predicted octanol–water partition coefficient (Wildman–Crippen LogP) is 1.96. The average Bonchev–Trinajstić information content (AvgIpc) is 3.01. The highest BCUT2D eigenvalue weighted by atomic mass is 16.5. The van der Waals surface area contributed by atoms with Gasteiger partial charge in [0.05, 0.1) is 11.3 Å². The minimum absolute atomic E-state index is 0.116. The molecule has 0 saturated carbocycles. The maximum absolute atomic E-state index is 11.5. The summed E-state index contributed by atoms with van der Waals surface area (Å²) in [4.78, 5) is 11.5. The SMILES string of the molecule is Cc1cccc(C)c1-n1nnnc1COc1ccccc1C(N)=O. The standard InChI is InChI=1S/C17H17N5O2/c1-11-6-5-7-12(2)16(11)22-15(19-20-21-22)10-24-14-9-4-3-8-13(14)17(18)23/h3-9H,10H2,1-2H3,(H2,18,23). The average molecular weight is 323 g/mol. The lowest BCUT2D eigenvalue weighted by molar-refractivity contribution is 0.0995. The summed E-state index contributed by atoms with van der Waals surface area (Å²) in [5, 5.41) is 11.8. The summed E-state index contributed by atoms with van der Waals surface area (Å²) in [6, 6.07) is 12.8. The molecule has 122 valence electrons. The smallest absolute Gasteiger partial charge is 0.252 e. The van der Waals surface area contributed by atoms with Crippen molar-refractivity contribution in [2.45, 2.75) is 20.5 Å². The quantitative estimate of drug-likeness (QED) is 0.774. The number of carbonyl (C=O) groups is 1. The van der Waals surface area contributed by atoms with Crippen LogP contribution in [0.3, 0.4) is 0 Å². The molecule has 2 aromatic carbocycles. The maximum Gasteiger partial charge on any atom is 0.252 e. The number of amides is 1. The summed E-state index contributed by atoms with van der Waals surface area (Å²) < 4.78 is 7.37. The van der Waals surface area contributed by atoms with Crippen LogP contribution in [0.5, 0.6) is 5.75 Å². The molecule has 0 aliphatic rings. The van der Waals surface area contributed by atoms with E-state index in [2.05, 4.69) is 15.5 Å². The van der Waals surface area contributed by atoms with Gasteiger partial charge in [0, 0.05) is 0 Å². The number of tetrazole rings is 1. The van der Waals surface area contributed by atoms with E-state index < -0.39 is 5.91 Å². The summed E-state index contributed by atoms with van der Waals surface area (Å²) in [5.41, 5.74) is 8.72. The number of hydrogen-bond donors (Lipinski definition) is 1. The van der Waals surface area contributed by atoms with Gasteiger partial charge in [-0.2, -0.15) is 4.68 Å². The van der Waals surface area contributed by atoms with Gasteiger partial charge in [0.1, 0.15) is 12.4 Å². The second-order valence-electron chi connectivity index (χ2n) is 5.40. The lowest BCUT2D eigenvalue weighted by Crippen LogP contribution is -2.14. The van der Waals surface area contributed by atoms with Crippen LogP contribution >= 0.6 is 0 Å². The van der Waals surface area contributed by atoms with E-state index in [0.717, 1.165) is 16.8 Å². The highest BCUT2D eigenvalue weighted by Crippen LogP contribution is 2.21.